The van der Waals surface area contributed by atoms with Crippen molar-refractivity contribution in [1.82, 2.24) is 4.98 Å². The molecule has 0 aliphatic rings. The molecule has 1 rings (SSSR count). The van der Waals surface area contributed by atoms with Crippen molar-refractivity contribution in [3.05, 3.63) is 23.9 Å². The fourth-order valence-electron chi connectivity index (χ4n) is 1.03. The van der Waals surface area contributed by atoms with Crippen LogP contribution in [0.4, 0.5) is 5.82 Å². The molecule has 0 spiro atoms. The van der Waals surface area contributed by atoms with Crippen LogP contribution < -0.4 is 10.0 Å². The minimum Gasteiger partial charge on any atom is -0.481 e. The van der Waals surface area contributed by atoms with E-state index in [-0.39, 0.29) is 6.54 Å². The number of sulfonamides is 1. The van der Waals surface area contributed by atoms with Crippen LogP contribution in [0.1, 0.15) is 12.5 Å². The summed E-state index contributed by atoms with van der Waals surface area (Å²) in [5.74, 6) is -0.447. The molecule has 0 aromatic carbocycles. The molecule has 7 nitrogen and oxygen atoms in total. The van der Waals surface area contributed by atoms with E-state index in [9.17, 15) is 8.42 Å². The Morgan fingerprint density at radius 1 is 1.56 bits per heavy atom. The molecule has 1 aromatic rings. The molecule has 0 amide bonds. The first kappa shape index (κ1) is 16.3. The van der Waals surface area contributed by atoms with Gasteiger partial charge in [0, 0.05) is 32.3 Å². The van der Waals surface area contributed by atoms with Crippen molar-refractivity contribution in [2.75, 3.05) is 17.6 Å². The standard InChI is InChI=1S/C8H13N3O2S.C2H4O2/c1-11(14(2,12)13)8-7(6-9)4-3-5-10-8;1-2(3)4/h3-5H,6,9H2,1-2H3;1H3,(H,3,4). The van der Waals surface area contributed by atoms with Crippen LogP contribution in [-0.2, 0) is 21.4 Å². The summed E-state index contributed by atoms with van der Waals surface area (Å²) in [5.41, 5.74) is 6.18. The minimum atomic E-state index is -3.27. The van der Waals surface area contributed by atoms with Gasteiger partial charge in [0.15, 0.2) is 0 Å². The smallest absolute Gasteiger partial charge is 0.300 e. The number of aliphatic carboxylic acids is 1. The summed E-state index contributed by atoms with van der Waals surface area (Å²) in [6, 6.07) is 3.48. The molecule has 102 valence electrons. The molecule has 8 heteroatoms. The molecule has 1 aromatic heterocycles. The number of aromatic nitrogens is 1. The molecule has 0 bridgehead atoms. The minimum absolute atomic E-state index is 0.267. The van der Waals surface area contributed by atoms with E-state index in [1.807, 2.05) is 0 Å². The number of hydrogen-bond acceptors (Lipinski definition) is 5. The second-order valence-electron chi connectivity index (χ2n) is 3.44. The van der Waals surface area contributed by atoms with Crippen LogP contribution in [0.2, 0.25) is 0 Å². The van der Waals surface area contributed by atoms with E-state index >= 15 is 0 Å². The van der Waals surface area contributed by atoms with Crippen LogP contribution in [0.15, 0.2) is 18.3 Å². The molecule has 0 aliphatic carbocycles. The highest BCUT2D eigenvalue weighted by Gasteiger charge is 2.15. The Morgan fingerprint density at radius 2 is 2.06 bits per heavy atom. The number of carboxylic acids is 1. The highest BCUT2D eigenvalue weighted by molar-refractivity contribution is 7.92. The Morgan fingerprint density at radius 3 is 2.44 bits per heavy atom. The fraction of sp³-hybridized carbons (Fsp3) is 0.400. The van der Waals surface area contributed by atoms with Crippen molar-refractivity contribution >= 4 is 21.8 Å². The molecule has 0 radical (unpaired) electrons. The number of anilines is 1. The molecule has 0 unspecified atom stereocenters. The summed E-state index contributed by atoms with van der Waals surface area (Å²) in [6.07, 6.45) is 2.66. The Bertz CT molecular complexity index is 498. The van der Waals surface area contributed by atoms with Gasteiger partial charge in [-0.2, -0.15) is 0 Å². The summed E-state index contributed by atoms with van der Waals surface area (Å²) in [5, 5.41) is 7.42. The molecular weight excluding hydrogens is 258 g/mol. The highest BCUT2D eigenvalue weighted by Crippen LogP contribution is 2.16. The van der Waals surface area contributed by atoms with E-state index < -0.39 is 16.0 Å². The average molecular weight is 275 g/mol. The number of rotatable bonds is 3. The van der Waals surface area contributed by atoms with Gasteiger partial charge >= 0.3 is 0 Å². The lowest BCUT2D eigenvalue weighted by Gasteiger charge is -2.17. The monoisotopic (exact) mass is 275 g/mol. The van der Waals surface area contributed by atoms with Gasteiger partial charge in [0.1, 0.15) is 5.82 Å². The lowest BCUT2D eigenvalue weighted by Crippen LogP contribution is -2.27. The van der Waals surface area contributed by atoms with Crippen molar-refractivity contribution in [3.63, 3.8) is 0 Å². The summed E-state index contributed by atoms with van der Waals surface area (Å²) >= 11 is 0. The summed E-state index contributed by atoms with van der Waals surface area (Å²) < 4.78 is 23.6. The maximum atomic E-state index is 11.2. The van der Waals surface area contributed by atoms with Crippen LogP contribution in [0.5, 0.6) is 0 Å². The van der Waals surface area contributed by atoms with Crippen LogP contribution in [-0.4, -0.2) is 37.8 Å². The zero-order chi connectivity index (χ0) is 14.3. The Labute approximate surface area is 106 Å². The Hall–Kier alpha value is -1.67. The van der Waals surface area contributed by atoms with Crippen molar-refractivity contribution in [3.8, 4) is 0 Å². The van der Waals surface area contributed by atoms with Gasteiger partial charge in [0.05, 0.1) is 6.26 Å². The van der Waals surface area contributed by atoms with Crippen LogP contribution in [0, 0.1) is 0 Å². The van der Waals surface area contributed by atoms with Gasteiger partial charge in [-0.3, -0.25) is 9.10 Å². The Kier molecular flexibility index (Phi) is 6.28. The van der Waals surface area contributed by atoms with Gasteiger partial charge in [0.2, 0.25) is 10.0 Å². The summed E-state index contributed by atoms with van der Waals surface area (Å²) in [6.45, 7) is 1.35. The van der Waals surface area contributed by atoms with Gasteiger partial charge < -0.3 is 10.8 Å². The predicted octanol–water partition coefficient (Wildman–Crippen LogP) is 0.0270. The third-order valence-electron chi connectivity index (χ3n) is 1.88. The molecule has 0 atom stereocenters. The zero-order valence-electron chi connectivity index (χ0n) is 10.5. The maximum absolute atomic E-state index is 11.2. The van der Waals surface area contributed by atoms with E-state index in [4.69, 9.17) is 15.6 Å². The SMILES string of the molecule is CC(=O)O.CN(c1ncccc1CN)S(C)(=O)=O. The fourth-order valence-corrected chi connectivity index (χ4v) is 1.51. The van der Waals surface area contributed by atoms with E-state index in [0.29, 0.717) is 11.4 Å². The molecule has 0 fully saturated rings. The van der Waals surface area contributed by atoms with Crippen molar-refractivity contribution in [2.45, 2.75) is 13.5 Å². The first-order valence-electron chi connectivity index (χ1n) is 4.97. The van der Waals surface area contributed by atoms with Crippen molar-refractivity contribution in [1.29, 1.82) is 0 Å². The first-order valence-corrected chi connectivity index (χ1v) is 6.82. The topological polar surface area (TPSA) is 114 Å². The van der Waals surface area contributed by atoms with Crippen LogP contribution >= 0.6 is 0 Å². The van der Waals surface area contributed by atoms with Crippen molar-refractivity contribution < 1.29 is 18.3 Å². The molecule has 3 N–H and O–H groups in total. The number of nitrogens with two attached hydrogens (primary N) is 1. The van der Waals surface area contributed by atoms with E-state index in [0.717, 1.165) is 17.5 Å². The van der Waals surface area contributed by atoms with Gasteiger partial charge in [-0.1, -0.05) is 6.07 Å². The van der Waals surface area contributed by atoms with Gasteiger partial charge in [-0.25, -0.2) is 13.4 Å². The number of pyridine rings is 1. The van der Waals surface area contributed by atoms with Gasteiger partial charge in [0.25, 0.3) is 5.97 Å². The number of nitrogens with zero attached hydrogens (tertiary/aromatic N) is 2. The number of carbonyl (C=O) groups is 1. The summed E-state index contributed by atoms with van der Waals surface area (Å²) in [4.78, 5) is 13.0. The molecule has 18 heavy (non-hydrogen) atoms. The second kappa shape index (κ2) is 6.92. The Balaban J connectivity index is 0.000000631. The maximum Gasteiger partial charge on any atom is 0.300 e. The molecule has 0 saturated carbocycles. The third kappa shape index (κ3) is 5.60. The average Bonchev–Trinajstić information content (AvgIpc) is 2.26. The van der Waals surface area contributed by atoms with E-state index in [1.54, 1.807) is 12.1 Å². The van der Waals surface area contributed by atoms with E-state index in [1.165, 1.54) is 13.2 Å². The molecule has 0 saturated heterocycles. The quantitative estimate of drug-likeness (QED) is 0.804. The number of hydrogen-bond donors (Lipinski definition) is 2. The zero-order valence-corrected chi connectivity index (χ0v) is 11.3. The largest absolute Gasteiger partial charge is 0.481 e. The van der Waals surface area contributed by atoms with Crippen LogP contribution in [0.25, 0.3) is 0 Å². The first-order chi connectivity index (χ1) is 8.20. The third-order valence-corrected chi connectivity index (χ3v) is 3.05. The van der Waals surface area contributed by atoms with Gasteiger partial charge in [-0.15, -0.1) is 0 Å². The molecular formula is C10H17N3O4S. The van der Waals surface area contributed by atoms with Gasteiger partial charge in [-0.05, 0) is 6.07 Å². The summed E-state index contributed by atoms with van der Waals surface area (Å²) in [7, 11) is -1.82. The van der Waals surface area contributed by atoms with Crippen molar-refractivity contribution in [2.24, 2.45) is 5.73 Å². The molecule has 0 aliphatic heterocycles. The lowest BCUT2D eigenvalue weighted by molar-refractivity contribution is -0.134. The second-order valence-corrected chi connectivity index (χ2v) is 5.45. The predicted molar refractivity (Wildman–Crippen MR) is 68.7 cm³/mol. The normalized spacial score (nSPS) is 10.2. The molecule has 1 heterocycles. The number of carboxylic acid groups (broad SMARTS) is 1. The van der Waals surface area contributed by atoms with E-state index in [2.05, 4.69) is 4.98 Å². The van der Waals surface area contributed by atoms with Crippen LogP contribution in [0.3, 0.4) is 0 Å². The highest BCUT2D eigenvalue weighted by atomic mass is 32.2. The lowest BCUT2D eigenvalue weighted by atomic mass is 10.2.